The number of carbonyl (C=O) groups is 3. The average molecular weight is 507 g/mol. The van der Waals surface area contributed by atoms with Gasteiger partial charge in [-0.2, -0.15) is 0 Å². The number of nitrogens with zero attached hydrogens (tertiary/aromatic N) is 1. The zero-order valence-corrected chi connectivity index (χ0v) is 20.2. The van der Waals surface area contributed by atoms with E-state index < -0.39 is 11.8 Å². The summed E-state index contributed by atoms with van der Waals surface area (Å²) in [5.41, 5.74) is 2.13. The Morgan fingerprint density at radius 2 is 1.61 bits per heavy atom. The molecule has 2 aromatic rings. The molecule has 0 spiro atoms. The molecule has 33 heavy (non-hydrogen) atoms. The fourth-order valence-electron chi connectivity index (χ4n) is 4.16. The third-order valence-corrected chi connectivity index (χ3v) is 6.67. The molecule has 0 saturated heterocycles. The van der Waals surface area contributed by atoms with E-state index in [9.17, 15) is 14.4 Å². The highest BCUT2D eigenvalue weighted by molar-refractivity contribution is 6.48. The smallest absolute Gasteiger partial charge is 0.279 e. The summed E-state index contributed by atoms with van der Waals surface area (Å²) in [6.07, 6.45) is 4.65. The number of halogens is 3. The molecule has 172 valence electrons. The molecule has 1 heterocycles. The summed E-state index contributed by atoms with van der Waals surface area (Å²) in [7, 11) is 0. The van der Waals surface area contributed by atoms with Gasteiger partial charge in [-0.1, -0.05) is 60.1 Å². The van der Waals surface area contributed by atoms with Gasteiger partial charge in [0.05, 0.1) is 0 Å². The van der Waals surface area contributed by atoms with Gasteiger partial charge >= 0.3 is 0 Å². The van der Waals surface area contributed by atoms with E-state index in [0.29, 0.717) is 27.0 Å². The zero-order valence-electron chi connectivity index (χ0n) is 17.9. The molecule has 0 unspecified atom stereocenters. The Morgan fingerprint density at radius 1 is 0.939 bits per heavy atom. The lowest BCUT2D eigenvalue weighted by Crippen LogP contribution is -2.42. The molecular weight excluding hydrogens is 485 g/mol. The van der Waals surface area contributed by atoms with Crippen LogP contribution >= 0.6 is 34.8 Å². The maximum atomic E-state index is 13.1. The van der Waals surface area contributed by atoms with Crippen molar-refractivity contribution in [2.24, 2.45) is 0 Å². The average Bonchev–Trinajstić information content (AvgIpc) is 2.98. The van der Waals surface area contributed by atoms with Crippen molar-refractivity contribution in [1.29, 1.82) is 0 Å². The van der Waals surface area contributed by atoms with Crippen molar-refractivity contribution in [2.75, 3.05) is 10.6 Å². The molecule has 2 aliphatic rings. The van der Waals surface area contributed by atoms with Crippen molar-refractivity contribution in [3.05, 3.63) is 68.3 Å². The molecule has 0 atom stereocenters. The van der Waals surface area contributed by atoms with Gasteiger partial charge in [0.15, 0.2) is 0 Å². The Balaban J connectivity index is 1.55. The van der Waals surface area contributed by atoms with E-state index in [4.69, 9.17) is 34.8 Å². The van der Waals surface area contributed by atoms with Gasteiger partial charge < -0.3 is 10.6 Å². The second-order valence-electron chi connectivity index (χ2n) is 8.23. The molecule has 3 amide bonds. The highest BCUT2D eigenvalue weighted by Crippen LogP contribution is 2.33. The van der Waals surface area contributed by atoms with Gasteiger partial charge in [-0.3, -0.25) is 19.3 Å². The minimum absolute atomic E-state index is 0.0366. The van der Waals surface area contributed by atoms with E-state index in [1.165, 1.54) is 4.90 Å². The maximum absolute atomic E-state index is 13.1. The quantitative estimate of drug-likeness (QED) is 0.479. The first-order valence-corrected chi connectivity index (χ1v) is 11.8. The Kier molecular flexibility index (Phi) is 6.98. The largest absolute Gasteiger partial charge is 0.349 e. The summed E-state index contributed by atoms with van der Waals surface area (Å²) < 4.78 is 0. The number of aryl methyl sites for hydroxylation is 1. The Labute approximate surface area is 206 Å². The molecule has 2 N–H and O–H groups in total. The topological polar surface area (TPSA) is 78.5 Å². The molecule has 0 bridgehead atoms. The molecule has 9 heteroatoms. The summed E-state index contributed by atoms with van der Waals surface area (Å²) in [4.78, 5) is 39.8. The number of amides is 3. The van der Waals surface area contributed by atoms with Gasteiger partial charge in [0, 0.05) is 33.0 Å². The monoisotopic (exact) mass is 505 g/mol. The van der Waals surface area contributed by atoms with Gasteiger partial charge in [0.1, 0.15) is 10.7 Å². The maximum Gasteiger partial charge on any atom is 0.279 e. The first-order chi connectivity index (χ1) is 15.7. The normalized spacial score (nSPS) is 17.0. The van der Waals surface area contributed by atoms with Crippen LogP contribution in [0.25, 0.3) is 0 Å². The van der Waals surface area contributed by atoms with Crippen LogP contribution in [-0.4, -0.2) is 28.7 Å². The van der Waals surface area contributed by atoms with Gasteiger partial charge in [-0.25, -0.2) is 0 Å². The van der Waals surface area contributed by atoms with Gasteiger partial charge in [-0.15, -0.1) is 0 Å². The van der Waals surface area contributed by atoms with Crippen LogP contribution in [0.4, 0.5) is 11.4 Å². The van der Waals surface area contributed by atoms with Crippen molar-refractivity contribution >= 4 is 63.9 Å². The minimum Gasteiger partial charge on any atom is -0.349 e. The summed E-state index contributed by atoms with van der Waals surface area (Å²) in [5.74, 6) is -1.28. The van der Waals surface area contributed by atoms with Crippen LogP contribution in [0.5, 0.6) is 0 Å². The van der Waals surface area contributed by atoms with E-state index in [1.807, 2.05) is 6.92 Å². The van der Waals surface area contributed by atoms with Crippen molar-refractivity contribution < 1.29 is 14.4 Å². The van der Waals surface area contributed by atoms with Gasteiger partial charge in [0.2, 0.25) is 0 Å². The third kappa shape index (κ3) is 5.03. The second-order valence-corrected chi connectivity index (χ2v) is 9.48. The number of hydrogen-bond acceptors (Lipinski definition) is 4. The number of benzene rings is 2. The molecule has 1 aliphatic heterocycles. The molecule has 4 rings (SSSR count). The van der Waals surface area contributed by atoms with E-state index in [0.717, 1.165) is 37.7 Å². The van der Waals surface area contributed by atoms with Crippen molar-refractivity contribution in [2.45, 2.75) is 45.1 Å². The second kappa shape index (κ2) is 9.75. The third-order valence-electron chi connectivity index (χ3n) is 5.88. The zero-order chi connectivity index (χ0) is 23.7. The fourth-order valence-corrected chi connectivity index (χ4v) is 4.91. The highest BCUT2D eigenvalue weighted by atomic mass is 35.5. The lowest BCUT2D eigenvalue weighted by Gasteiger charge is -2.29. The molecule has 2 aromatic carbocycles. The van der Waals surface area contributed by atoms with Crippen LogP contribution < -0.4 is 10.6 Å². The Bertz CT molecular complexity index is 1150. The van der Waals surface area contributed by atoms with E-state index in [1.54, 1.807) is 36.4 Å². The minimum atomic E-state index is -0.472. The van der Waals surface area contributed by atoms with E-state index in [2.05, 4.69) is 10.6 Å². The molecule has 0 radical (unpaired) electrons. The molecule has 1 fully saturated rings. The molecule has 1 saturated carbocycles. The summed E-state index contributed by atoms with van der Waals surface area (Å²) in [6.45, 7) is 1.83. The van der Waals surface area contributed by atoms with Crippen LogP contribution in [-0.2, 0) is 9.59 Å². The number of anilines is 2. The Morgan fingerprint density at radius 3 is 2.27 bits per heavy atom. The van der Waals surface area contributed by atoms with Crippen LogP contribution in [0.15, 0.2) is 47.1 Å². The van der Waals surface area contributed by atoms with Crippen LogP contribution in [0, 0.1) is 6.92 Å². The lowest BCUT2D eigenvalue weighted by molar-refractivity contribution is -0.140. The van der Waals surface area contributed by atoms with Gasteiger partial charge in [-0.05, 0) is 55.7 Å². The van der Waals surface area contributed by atoms with Gasteiger partial charge in [0.25, 0.3) is 17.7 Å². The number of imide groups is 1. The van der Waals surface area contributed by atoms with Crippen LogP contribution in [0.2, 0.25) is 10.0 Å². The predicted molar refractivity (Wildman–Crippen MR) is 131 cm³/mol. The number of rotatable bonds is 5. The van der Waals surface area contributed by atoms with E-state index >= 15 is 0 Å². The fraction of sp³-hybridized carbons (Fsp3) is 0.292. The van der Waals surface area contributed by atoms with Crippen LogP contribution in [0.1, 0.15) is 48.0 Å². The summed E-state index contributed by atoms with van der Waals surface area (Å²) >= 11 is 18.3. The van der Waals surface area contributed by atoms with E-state index in [-0.39, 0.29) is 22.7 Å². The Hall–Kier alpha value is -2.54. The predicted octanol–water partition coefficient (Wildman–Crippen LogP) is 6.12. The van der Waals surface area contributed by atoms with Crippen molar-refractivity contribution in [3.63, 3.8) is 0 Å². The highest BCUT2D eigenvalue weighted by Gasteiger charge is 2.42. The summed E-state index contributed by atoms with van der Waals surface area (Å²) in [6, 6.07) is 9.63. The first-order valence-electron chi connectivity index (χ1n) is 10.7. The van der Waals surface area contributed by atoms with Crippen molar-refractivity contribution in [1.82, 2.24) is 4.90 Å². The first kappa shape index (κ1) is 23.6. The number of nitrogens with one attached hydrogen (secondary N) is 2. The van der Waals surface area contributed by atoms with Crippen LogP contribution in [0.3, 0.4) is 0 Å². The standard InChI is InChI=1S/C24H22Cl3N3O3/c1-13-7-8-14(22(31)28-17-11-15(25)10-16(26)12-17)9-19(13)29-21-20(27)23(32)30(24(21)33)18-5-3-2-4-6-18/h7-12,18,29H,2-6H2,1H3,(H,28,31). The van der Waals surface area contributed by atoms with Crippen molar-refractivity contribution in [3.8, 4) is 0 Å². The molecule has 6 nitrogen and oxygen atoms in total. The summed E-state index contributed by atoms with van der Waals surface area (Å²) in [5, 5.41) is 6.42. The molecular formula is C24H22Cl3N3O3. The number of carbonyl (C=O) groups excluding carboxylic acids is 3. The lowest BCUT2D eigenvalue weighted by atomic mass is 9.94. The molecule has 1 aliphatic carbocycles. The SMILES string of the molecule is Cc1ccc(C(=O)Nc2cc(Cl)cc(Cl)c2)cc1NC1=C(Cl)C(=O)N(C2CCCCC2)C1=O. The number of hydrogen-bond donors (Lipinski definition) is 2. The molecule has 0 aromatic heterocycles.